The quantitative estimate of drug-likeness (QED) is 0.205. The Morgan fingerprint density at radius 2 is 1.52 bits per heavy atom. The summed E-state index contributed by atoms with van der Waals surface area (Å²) < 4.78 is 0. The first kappa shape index (κ1) is 21.6. The van der Waals surface area contributed by atoms with Crippen LogP contribution in [0.3, 0.4) is 0 Å². The molecule has 8 N–H and O–H groups in total. The van der Waals surface area contributed by atoms with Crippen LogP contribution in [0.5, 0.6) is 0 Å². The average molecular weight is 406 g/mol. The molecule has 0 spiro atoms. The van der Waals surface area contributed by atoms with Gasteiger partial charge in [0.05, 0.1) is 25.7 Å². The summed E-state index contributed by atoms with van der Waals surface area (Å²) in [7, 11) is 0. The van der Waals surface area contributed by atoms with E-state index in [0.29, 0.717) is 11.4 Å². The van der Waals surface area contributed by atoms with E-state index in [2.05, 4.69) is 35.9 Å². The normalized spacial score (nSPS) is 12.6. The fourth-order valence-corrected chi connectivity index (χ4v) is 2.43. The number of amides is 3. The Morgan fingerprint density at radius 3 is 2.00 bits per heavy atom. The molecule has 0 bridgehead atoms. The fourth-order valence-electron chi connectivity index (χ4n) is 2.43. The third-order valence-electron chi connectivity index (χ3n) is 3.85. The zero-order chi connectivity index (χ0) is 21.2. The number of nitrogens with zero attached hydrogens (tertiary/aromatic N) is 2. The van der Waals surface area contributed by atoms with E-state index in [9.17, 15) is 24.3 Å². The van der Waals surface area contributed by atoms with Crippen molar-refractivity contribution in [2.45, 2.75) is 24.9 Å². The molecule has 156 valence electrons. The molecular weight excluding hydrogens is 384 g/mol. The molecule has 0 fully saturated rings. The van der Waals surface area contributed by atoms with Crippen LogP contribution in [0, 0.1) is 0 Å². The highest BCUT2D eigenvalue weighted by Crippen LogP contribution is 2.00. The number of aliphatic carboxylic acids is 1. The number of H-pyrrole nitrogens is 2. The lowest BCUT2D eigenvalue weighted by molar-refractivity contribution is -0.141. The summed E-state index contributed by atoms with van der Waals surface area (Å²) in [5, 5.41) is 16.4. The Bertz CT molecular complexity index is 820. The van der Waals surface area contributed by atoms with Crippen molar-refractivity contribution in [2.75, 3.05) is 13.1 Å². The summed E-state index contributed by atoms with van der Waals surface area (Å²) in [6.45, 7) is -0.773. The van der Waals surface area contributed by atoms with E-state index in [1.54, 1.807) is 0 Å². The lowest BCUT2D eigenvalue weighted by atomic mass is 10.1. The van der Waals surface area contributed by atoms with Crippen molar-refractivity contribution in [2.24, 2.45) is 5.73 Å². The molecule has 2 heterocycles. The number of nitrogens with two attached hydrogens (primary N) is 1. The van der Waals surface area contributed by atoms with Crippen molar-refractivity contribution < 1.29 is 24.3 Å². The number of aromatic amines is 2. The van der Waals surface area contributed by atoms with Crippen LogP contribution >= 0.6 is 0 Å². The molecule has 2 aromatic rings. The standard InChI is InChI=1S/C16H22N8O5/c17-3-13(25)23-11(1-9-4-18-7-21-9)15(27)20-6-14(26)24-12(16(28)29)2-10-5-19-8-22-10/h4-5,7-8,11-12H,1-3,6,17H2,(H,18,21)(H,19,22)(H,20,27)(H,23,25)(H,24,26)(H,28,29). The molecule has 2 atom stereocenters. The highest BCUT2D eigenvalue weighted by atomic mass is 16.4. The summed E-state index contributed by atoms with van der Waals surface area (Å²) in [5.74, 6) is -3.10. The number of carbonyl (C=O) groups excluding carboxylic acids is 3. The number of aromatic nitrogens is 4. The predicted octanol–water partition coefficient (Wildman–Crippen LogP) is -2.95. The van der Waals surface area contributed by atoms with Crippen LogP contribution in [0.25, 0.3) is 0 Å². The molecule has 13 heteroatoms. The van der Waals surface area contributed by atoms with Gasteiger partial charge in [-0.15, -0.1) is 0 Å². The molecule has 13 nitrogen and oxygen atoms in total. The van der Waals surface area contributed by atoms with E-state index in [0.717, 1.165) is 0 Å². The minimum absolute atomic E-state index is 0.00399. The lowest BCUT2D eigenvalue weighted by Gasteiger charge is -2.18. The Balaban J connectivity index is 1.90. The largest absolute Gasteiger partial charge is 0.480 e. The van der Waals surface area contributed by atoms with E-state index in [-0.39, 0.29) is 19.4 Å². The second-order valence-corrected chi connectivity index (χ2v) is 6.06. The number of carboxylic acids is 1. The highest BCUT2D eigenvalue weighted by molar-refractivity contribution is 5.92. The number of carboxylic acid groups (broad SMARTS) is 1. The number of imidazole rings is 2. The lowest BCUT2D eigenvalue weighted by Crippen LogP contribution is -2.52. The third kappa shape index (κ3) is 7.06. The van der Waals surface area contributed by atoms with Crippen LogP contribution in [0.15, 0.2) is 25.0 Å². The minimum atomic E-state index is -1.23. The van der Waals surface area contributed by atoms with Crippen LogP contribution in [-0.2, 0) is 32.0 Å². The zero-order valence-electron chi connectivity index (χ0n) is 15.3. The summed E-state index contributed by atoms with van der Waals surface area (Å²) in [6.07, 6.45) is 5.87. The molecule has 0 aromatic carbocycles. The van der Waals surface area contributed by atoms with E-state index in [4.69, 9.17) is 5.73 Å². The molecule has 2 rings (SSSR count). The van der Waals surface area contributed by atoms with E-state index < -0.39 is 42.3 Å². The Kier molecular flexibility index (Phi) is 7.85. The number of carbonyl (C=O) groups is 4. The van der Waals surface area contributed by atoms with Crippen LogP contribution < -0.4 is 21.7 Å². The molecule has 0 radical (unpaired) electrons. The fraction of sp³-hybridized carbons (Fsp3) is 0.375. The maximum Gasteiger partial charge on any atom is 0.326 e. The minimum Gasteiger partial charge on any atom is -0.480 e. The first-order chi connectivity index (χ1) is 13.9. The third-order valence-corrected chi connectivity index (χ3v) is 3.85. The van der Waals surface area contributed by atoms with Gasteiger partial charge in [0, 0.05) is 36.6 Å². The van der Waals surface area contributed by atoms with Crippen LogP contribution in [0.4, 0.5) is 0 Å². The van der Waals surface area contributed by atoms with Crippen molar-refractivity contribution in [3.05, 3.63) is 36.4 Å². The molecule has 0 saturated heterocycles. The second kappa shape index (κ2) is 10.6. The SMILES string of the molecule is NCC(=O)NC(Cc1cnc[nH]1)C(=O)NCC(=O)NC(Cc1cnc[nH]1)C(=O)O. The van der Waals surface area contributed by atoms with Gasteiger partial charge < -0.3 is 36.8 Å². The molecule has 29 heavy (non-hydrogen) atoms. The van der Waals surface area contributed by atoms with Gasteiger partial charge in [0.15, 0.2) is 0 Å². The molecule has 0 aliphatic carbocycles. The van der Waals surface area contributed by atoms with Gasteiger partial charge >= 0.3 is 5.97 Å². The zero-order valence-corrected chi connectivity index (χ0v) is 15.3. The molecule has 0 aliphatic rings. The number of hydrogen-bond donors (Lipinski definition) is 7. The molecule has 0 aliphatic heterocycles. The Labute approximate surface area is 164 Å². The second-order valence-electron chi connectivity index (χ2n) is 6.06. The topological polar surface area (TPSA) is 208 Å². The van der Waals surface area contributed by atoms with Gasteiger partial charge in [0.1, 0.15) is 12.1 Å². The first-order valence-corrected chi connectivity index (χ1v) is 8.62. The molecule has 0 saturated carbocycles. The van der Waals surface area contributed by atoms with E-state index in [1.807, 2.05) is 0 Å². The maximum atomic E-state index is 12.4. The summed E-state index contributed by atoms with van der Waals surface area (Å²) >= 11 is 0. The number of rotatable bonds is 11. The average Bonchev–Trinajstić information content (AvgIpc) is 3.38. The molecular formula is C16H22N8O5. The predicted molar refractivity (Wildman–Crippen MR) is 98.1 cm³/mol. The molecule has 3 amide bonds. The number of hydrogen-bond acceptors (Lipinski definition) is 7. The van der Waals surface area contributed by atoms with E-state index >= 15 is 0 Å². The molecule has 2 unspecified atom stereocenters. The molecule has 2 aromatic heterocycles. The van der Waals surface area contributed by atoms with Crippen molar-refractivity contribution in [1.29, 1.82) is 0 Å². The van der Waals surface area contributed by atoms with Gasteiger partial charge in [-0.1, -0.05) is 0 Å². The summed E-state index contributed by atoms with van der Waals surface area (Å²) in [6, 6.07) is -2.18. The van der Waals surface area contributed by atoms with E-state index in [1.165, 1.54) is 25.0 Å². The van der Waals surface area contributed by atoms with Crippen LogP contribution in [-0.4, -0.2) is 73.9 Å². The van der Waals surface area contributed by atoms with Crippen LogP contribution in [0.2, 0.25) is 0 Å². The summed E-state index contributed by atoms with van der Waals surface area (Å²) in [4.78, 5) is 60.6. The first-order valence-electron chi connectivity index (χ1n) is 8.62. The van der Waals surface area contributed by atoms with Gasteiger partial charge in [0.25, 0.3) is 0 Å². The van der Waals surface area contributed by atoms with Crippen molar-refractivity contribution >= 4 is 23.7 Å². The monoisotopic (exact) mass is 406 g/mol. The van der Waals surface area contributed by atoms with Gasteiger partial charge in [0.2, 0.25) is 17.7 Å². The van der Waals surface area contributed by atoms with Crippen molar-refractivity contribution in [3.63, 3.8) is 0 Å². The smallest absolute Gasteiger partial charge is 0.326 e. The van der Waals surface area contributed by atoms with Crippen LogP contribution in [0.1, 0.15) is 11.4 Å². The number of nitrogens with one attached hydrogen (secondary N) is 5. The van der Waals surface area contributed by atoms with Crippen molar-refractivity contribution in [1.82, 2.24) is 35.9 Å². The van der Waals surface area contributed by atoms with Gasteiger partial charge in [-0.25, -0.2) is 14.8 Å². The highest BCUT2D eigenvalue weighted by Gasteiger charge is 2.24. The van der Waals surface area contributed by atoms with Gasteiger partial charge in [-0.05, 0) is 0 Å². The van der Waals surface area contributed by atoms with Gasteiger partial charge in [-0.2, -0.15) is 0 Å². The maximum absolute atomic E-state index is 12.4. The van der Waals surface area contributed by atoms with Gasteiger partial charge in [-0.3, -0.25) is 14.4 Å². The Hall–Kier alpha value is -3.74. The van der Waals surface area contributed by atoms with Crippen molar-refractivity contribution in [3.8, 4) is 0 Å². The summed E-state index contributed by atoms with van der Waals surface area (Å²) in [5.41, 5.74) is 6.39. The Morgan fingerprint density at radius 1 is 0.966 bits per heavy atom.